The van der Waals surface area contributed by atoms with E-state index in [-0.39, 0.29) is 11.7 Å². The number of ketones is 1. The molecular weight excluding hydrogens is 228 g/mol. The van der Waals surface area contributed by atoms with Gasteiger partial charge in [-0.3, -0.25) is 4.79 Å². The number of carbonyl (C=O) groups excluding carboxylic acids is 1. The summed E-state index contributed by atoms with van der Waals surface area (Å²) in [6.07, 6.45) is 3.42. The van der Waals surface area contributed by atoms with Crippen LogP contribution in [0.15, 0.2) is 23.8 Å². The Balaban J connectivity index is 2.59. The van der Waals surface area contributed by atoms with Gasteiger partial charge in [0.15, 0.2) is 5.78 Å². The van der Waals surface area contributed by atoms with Crippen LogP contribution in [0.1, 0.15) is 46.5 Å². The van der Waals surface area contributed by atoms with Crippen molar-refractivity contribution in [2.75, 3.05) is 0 Å². The number of rotatable bonds is 5. The predicted molar refractivity (Wildman–Crippen MR) is 72.2 cm³/mol. The van der Waals surface area contributed by atoms with Gasteiger partial charge in [-0.1, -0.05) is 18.2 Å². The monoisotopic (exact) mass is 252 g/mol. The van der Waals surface area contributed by atoms with Gasteiger partial charge in [-0.05, 0) is 51.5 Å². The van der Waals surface area contributed by atoms with Crippen LogP contribution in [-0.4, -0.2) is 27.7 Å². The van der Waals surface area contributed by atoms with Crippen molar-refractivity contribution in [2.24, 2.45) is 5.92 Å². The Morgan fingerprint density at radius 2 is 2.28 bits per heavy atom. The molecule has 0 amide bonds. The summed E-state index contributed by atoms with van der Waals surface area (Å²) in [5.74, 6) is 0.0676. The standard InChI is InChI=1S/C15H24O3/c1-10(2)13(16)7-8-15(4,18)12-6-5-11(3)14(17)9-12/h5,12-13,16,18H,1,6-9H2,2-4H3/t12-,13?,15+/m0/s1. The van der Waals surface area contributed by atoms with Gasteiger partial charge in [-0.25, -0.2) is 0 Å². The Morgan fingerprint density at radius 1 is 1.67 bits per heavy atom. The minimum atomic E-state index is -0.913. The molecule has 3 nitrogen and oxygen atoms in total. The van der Waals surface area contributed by atoms with E-state index in [0.29, 0.717) is 24.8 Å². The third-order valence-electron chi connectivity index (χ3n) is 3.95. The van der Waals surface area contributed by atoms with E-state index in [1.807, 2.05) is 13.0 Å². The fourth-order valence-electron chi connectivity index (χ4n) is 2.25. The van der Waals surface area contributed by atoms with Gasteiger partial charge in [0, 0.05) is 6.42 Å². The Bertz CT molecular complexity index is 366. The van der Waals surface area contributed by atoms with Crippen molar-refractivity contribution in [1.29, 1.82) is 0 Å². The van der Waals surface area contributed by atoms with E-state index in [9.17, 15) is 15.0 Å². The summed E-state index contributed by atoms with van der Waals surface area (Å²) < 4.78 is 0. The molecule has 0 radical (unpaired) electrons. The molecule has 0 spiro atoms. The van der Waals surface area contributed by atoms with Gasteiger partial charge in [0.2, 0.25) is 0 Å². The maximum absolute atomic E-state index is 11.7. The Kier molecular flexibility index (Phi) is 4.88. The largest absolute Gasteiger partial charge is 0.390 e. The van der Waals surface area contributed by atoms with Crippen LogP contribution in [-0.2, 0) is 4.79 Å². The number of aliphatic hydroxyl groups excluding tert-OH is 1. The summed E-state index contributed by atoms with van der Waals surface area (Å²) in [5.41, 5.74) is 0.591. The van der Waals surface area contributed by atoms with Crippen LogP contribution in [0.25, 0.3) is 0 Å². The number of carbonyl (C=O) groups is 1. The molecule has 0 aromatic heterocycles. The van der Waals surface area contributed by atoms with E-state index < -0.39 is 11.7 Å². The quantitative estimate of drug-likeness (QED) is 0.739. The minimum absolute atomic E-state index is 0.0500. The number of hydrogen-bond donors (Lipinski definition) is 2. The third-order valence-corrected chi connectivity index (χ3v) is 3.95. The van der Waals surface area contributed by atoms with Crippen LogP contribution in [0.3, 0.4) is 0 Å². The first kappa shape index (κ1) is 15.1. The van der Waals surface area contributed by atoms with Crippen LogP contribution in [0.5, 0.6) is 0 Å². The summed E-state index contributed by atoms with van der Waals surface area (Å²) in [4.78, 5) is 11.7. The molecule has 0 bridgehead atoms. The van der Waals surface area contributed by atoms with Gasteiger partial charge >= 0.3 is 0 Å². The number of aliphatic hydroxyl groups is 2. The van der Waals surface area contributed by atoms with Crippen LogP contribution in [0, 0.1) is 5.92 Å². The van der Waals surface area contributed by atoms with E-state index in [1.165, 1.54) is 0 Å². The van der Waals surface area contributed by atoms with Crippen LogP contribution < -0.4 is 0 Å². The summed E-state index contributed by atoms with van der Waals surface area (Å²) in [6, 6.07) is 0. The van der Waals surface area contributed by atoms with Gasteiger partial charge < -0.3 is 10.2 Å². The molecular formula is C15H24O3. The zero-order valence-electron chi connectivity index (χ0n) is 11.6. The third kappa shape index (κ3) is 3.79. The minimum Gasteiger partial charge on any atom is -0.390 e. The van der Waals surface area contributed by atoms with E-state index in [1.54, 1.807) is 13.8 Å². The second-order valence-electron chi connectivity index (χ2n) is 5.71. The van der Waals surface area contributed by atoms with Gasteiger partial charge in [-0.2, -0.15) is 0 Å². The molecule has 3 heteroatoms. The molecule has 0 aromatic rings. The molecule has 0 aliphatic heterocycles. The van der Waals surface area contributed by atoms with E-state index in [4.69, 9.17) is 0 Å². The van der Waals surface area contributed by atoms with Crippen LogP contribution in [0.2, 0.25) is 0 Å². The molecule has 2 N–H and O–H groups in total. The lowest BCUT2D eigenvalue weighted by atomic mass is 9.75. The molecule has 0 heterocycles. The maximum atomic E-state index is 11.7. The molecule has 1 aliphatic rings. The zero-order chi connectivity index (χ0) is 13.9. The van der Waals surface area contributed by atoms with Crippen molar-refractivity contribution < 1.29 is 15.0 Å². The molecule has 0 fully saturated rings. The lowest BCUT2D eigenvalue weighted by molar-refractivity contribution is -0.120. The van der Waals surface area contributed by atoms with Gasteiger partial charge in [0.25, 0.3) is 0 Å². The molecule has 1 unspecified atom stereocenters. The van der Waals surface area contributed by atoms with Crippen LogP contribution >= 0.6 is 0 Å². The molecule has 0 saturated carbocycles. The van der Waals surface area contributed by atoms with Crippen molar-refractivity contribution in [1.82, 2.24) is 0 Å². The van der Waals surface area contributed by atoms with E-state index in [0.717, 1.165) is 12.0 Å². The van der Waals surface area contributed by atoms with E-state index >= 15 is 0 Å². The second kappa shape index (κ2) is 5.81. The fraction of sp³-hybridized carbons (Fsp3) is 0.667. The highest BCUT2D eigenvalue weighted by Gasteiger charge is 2.35. The summed E-state index contributed by atoms with van der Waals surface area (Å²) in [7, 11) is 0. The Hall–Kier alpha value is -0.930. The van der Waals surface area contributed by atoms with Crippen LogP contribution in [0.4, 0.5) is 0 Å². The zero-order valence-corrected chi connectivity index (χ0v) is 11.6. The number of hydrogen-bond acceptors (Lipinski definition) is 3. The molecule has 0 saturated heterocycles. The van der Waals surface area contributed by atoms with Crippen molar-refractivity contribution in [3.63, 3.8) is 0 Å². The molecule has 1 rings (SSSR count). The highest BCUT2D eigenvalue weighted by molar-refractivity contribution is 5.95. The van der Waals surface area contributed by atoms with Gasteiger partial charge in [-0.15, -0.1) is 0 Å². The molecule has 0 aromatic carbocycles. The molecule has 102 valence electrons. The molecule has 1 aliphatic carbocycles. The van der Waals surface area contributed by atoms with Crippen molar-refractivity contribution >= 4 is 5.78 Å². The number of allylic oxidation sites excluding steroid dienone is 2. The van der Waals surface area contributed by atoms with E-state index in [2.05, 4.69) is 6.58 Å². The highest BCUT2D eigenvalue weighted by Crippen LogP contribution is 2.33. The first-order chi connectivity index (χ1) is 8.24. The second-order valence-corrected chi connectivity index (χ2v) is 5.71. The number of Topliss-reactive ketones (excluding diaryl/α,β-unsaturated/α-hetero) is 1. The summed E-state index contributed by atoms with van der Waals surface area (Å²) >= 11 is 0. The fourth-order valence-corrected chi connectivity index (χ4v) is 2.25. The Labute approximate surface area is 109 Å². The smallest absolute Gasteiger partial charge is 0.158 e. The average Bonchev–Trinajstić information content (AvgIpc) is 2.29. The topological polar surface area (TPSA) is 57.5 Å². The molecule has 3 atom stereocenters. The molecule has 18 heavy (non-hydrogen) atoms. The summed E-state index contributed by atoms with van der Waals surface area (Å²) in [6.45, 7) is 9.04. The SMILES string of the molecule is C=C(C)C(O)CC[C@@](C)(O)[C@H]1CC=C(C)C(=O)C1. The normalized spacial score (nSPS) is 25.3. The highest BCUT2D eigenvalue weighted by atomic mass is 16.3. The van der Waals surface area contributed by atoms with Crippen molar-refractivity contribution in [3.8, 4) is 0 Å². The lowest BCUT2D eigenvalue weighted by Crippen LogP contribution is -2.38. The predicted octanol–water partition coefficient (Wildman–Crippen LogP) is 2.38. The first-order valence-corrected chi connectivity index (χ1v) is 6.50. The lowest BCUT2D eigenvalue weighted by Gasteiger charge is -2.34. The average molecular weight is 252 g/mol. The first-order valence-electron chi connectivity index (χ1n) is 6.50. The van der Waals surface area contributed by atoms with Crippen molar-refractivity contribution in [3.05, 3.63) is 23.8 Å². The van der Waals surface area contributed by atoms with Gasteiger partial charge in [0.05, 0.1) is 11.7 Å². The van der Waals surface area contributed by atoms with Crippen molar-refractivity contribution in [2.45, 2.75) is 58.2 Å². The summed E-state index contributed by atoms with van der Waals surface area (Å²) in [5, 5.41) is 20.1. The van der Waals surface area contributed by atoms with Gasteiger partial charge in [0.1, 0.15) is 0 Å². The Morgan fingerprint density at radius 3 is 2.78 bits per heavy atom. The maximum Gasteiger partial charge on any atom is 0.158 e.